The number of esters is 1. The average Bonchev–Trinajstić information content (AvgIpc) is 3.32. The number of urea groups is 1. The van der Waals surface area contributed by atoms with Crippen LogP contribution in [0.15, 0.2) is 34.9 Å². The van der Waals surface area contributed by atoms with E-state index < -0.39 is 24.1 Å². The molecule has 8 nitrogen and oxygen atoms in total. The molecule has 1 saturated carbocycles. The molecule has 2 heterocycles. The Bertz CT molecular complexity index is 1050. The Morgan fingerprint density at radius 2 is 1.91 bits per heavy atom. The number of imide groups is 1. The van der Waals surface area contributed by atoms with Gasteiger partial charge in [-0.15, -0.1) is 0 Å². The van der Waals surface area contributed by atoms with Crippen molar-refractivity contribution in [3.63, 3.8) is 0 Å². The fourth-order valence-electron chi connectivity index (χ4n) is 4.60. The molecule has 176 valence electrons. The second kappa shape index (κ2) is 8.82. The van der Waals surface area contributed by atoms with Crippen LogP contribution >= 0.6 is 11.6 Å². The van der Waals surface area contributed by atoms with E-state index in [1.807, 2.05) is 0 Å². The molecule has 1 aliphatic carbocycles. The second-order valence-electron chi connectivity index (χ2n) is 9.89. The standard InChI is InChI=1S/C24H28ClN3O5/c1-23(2,3)16-8-10-24(11-9-16)21(30)28(22(31)26-24)13-20(29)32-14-18-12-19(27-33-18)15-4-6-17(25)7-5-15/h4-7,12,16H,8-11,13-14H2,1-3H3,(H,26,31). The smallest absolute Gasteiger partial charge is 0.326 e. The van der Waals surface area contributed by atoms with Crippen molar-refractivity contribution in [2.24, 2.45) is 11.3 Å². The minimum absolute atomic E-state index is 0.151. The fourth-order valence-corrected chi connectivity index (χ4v) is 4.73. The van der Waals surface area contributed by atoms with Crippen LogP contribution in [0.2, 0.25) is 5.02 Å². The van der Waals surface area contributed by atoms with E-state index in [1.54, 1.807) is 30.3 Å². The first-order valence-corrected chi connectivity index (χ1v) is 11.5. The van der Waals surface area contributed by atoms with Crippen molar-refractivity contribution in [2.75, 3.05) is 6.54 Å². The predicted molar refractivity (Wildman–Crippen MR) is 121 cm³/mol. The van der Waals surface area contributed by atoms with Gasteiger partial charge in [-0.25, -0.2) is 4.79 Å². The number of amides is 3. The van der Waals surface area contributed by atoms with Gasteiger partial charge in [0.1, 0.15) is 17.8 Å². The van der Waals surface area contributed by atoms with Crippen LogP contribution in [-0.2, 0) is 20.9 Å². The molecule has 0 bridgehead atoms. The van der Waals surface area contributed by atoms with Gasteiger partial charge in [0.15, 0.2) is 12.4 Å². The maximum absolute atomic E-state index is 13.0. The number of benzene rings is 1. The number of halogens is 1. The lowest BCUT2D eigenvalue weighted by atomic mass is 9.67. The van der Waals surface area contributed by atoms with E-state index in [0.717, 1.165) is 23.3 Å². The molecule has 33 heavy (non-hydrogen) atoms. The highest BCUT2D eigenvalue weighted by atomic mass is 35.5. The molecule has 1 saturated heterocycles. The molecule has 0 radical (unpaired) electrons. The van der Waals surface area contributed by atoms with Gasteiger partial charge in [-0.05, 0) is 49.1 Å². The van der Waals surface area contributed by atoms with E-state index in [1.165, 1.54) is 0 Å². The van der Waals surface area contributed by atoms with E-state index in [0.29, 0.717) is 35.2 Å². The van der Waals surface area contributed by atoms with Crippen molar-refractivity contribution < 1.29 is 23.6 Å². The summed E-state index contributed by atoms with van der Waals surface area (Å²) in [5, 5.41) is 7.41. The quantitative estimate of drug-likeness (QED) is 0.504. The van der Waals surface area contributed by atoms with Crippen LogP contribution in [0.1, 0.15) is 52.2 Å². The number of nitrogens with zero attached hydrogens (tertiary/aromatic N) is 2. The van der Waals surface area contributed by atoms with Gasteiger partial charge in [0.05, 0.1) is 0 Å². The van der Waals surface area contributed by atoms with Gasteiger partial charge >= 0.3 is 12.0 Å². The molecule has 2 aliphatic rings. The number of nitrogens with one attached hydrogen (secondary N) is 1. The second-order valence-corrected chi connectivity index (χ2v) is 10.3. The van der Waals surface area contributed by atoms with E-state index >= 15 is 0 Å². The van der Waals surface area contributed by atoms with Gasteiger partial charge in [-0.1, -0.05) is 49.7 Å². The minimum Gasteiger partial charge on any atom is -0.456 e. The van der Waals surface area contributed by atoms with Crippen LogP contribution in [0.5, 0.6) is 0 Å². The zero-order valence-corrected chi connectivity index (χ0v) is 19.8. The molecule has 0 atom stereocenters. The summed E-state index contributed by atoms with van der Waals surface area (Å²) in [6.07, 6.45) is 2.87. The van der Waals surface area contributed by atoms with Crippen LogP contribution in [0, 0.1) is 11.3 Å². The Morgan fingerprint density at radius 1 is 1.24 bits per heavy atom. The Morgan fingerprint density at radius 3 is 2.55 bits per heavy atom. The van der Waals surface area contributed by atoms with Crippen molar-refractivity contribution >= 4 is 29.5 Å². The lowest BCUT2D eigenvalue weighted by Crippen LogP contribution is -2.50. The first kappa shape index (κ1) is 23.3. The maximum atomic E-state index is 13.0. The monoisotopic (exact) mass is 473 g/mol. The molecule has 4 rings (SSSR count). The normalized spacial score (nSPS) is 23.2. The molecular formula is C24H28ClN3O5. The number of rotatable bonds is 5. The van der Waals surface area contributed by atoms with Gasteiger partial charge in [0.25, 0.3) is 5.91 Å². The van der Waals surface area contributed by atoms with Crippen molar-refractivity contribution in [1.29, 1.82) is 0 Å². The number of hydrogen-bond donors (Lipinski definition) is 1. The summed E-state index contributed by atoms with van der Waals surface area (Å²) >= 11 is 5.89. The Labute approximate surface area is 197 Å². The Balaban J connectivity index is 1.31. The summed E-state index contributed by atoms with van der Waals surface area (Å²) in [5.41, 5.74) is 0.647. The van der Waals surface area contributed by atoms with E-state index in [2.05, 4.69) is 31.2 Å². The largest absolute Gasteiger partial charge is 0.456 e. The molecule has 1 N–H and O–H groups in total. The third-order valence-electron chi connectivity index (χ3n) is 6.67. The molecule has 1 aliphatic heterocycles. The van der Waals surface area contributed by atoms with Gasteiger partial charge < -0.3 is 14.6 Å². The zero-order chi connectivity index (χ0) is 23.8. The van der Waals surface area contributed by atoms with Crippen LogP contribution in [-0.4, -0.2) is 40.0 Å². The molecule has 0 unspecified atom stereocenters. The average molecular weight is 474 g/mol. The third kappa shape index (κ3) is 4.90. The van der Waals surface area contributed by atoms with Gasteiger partial charge in [-0.3, -0.25) is 14.5 Å². The fraction of sp³-hybridized carbons (Fsp3) is 0.500. The summed E-state index contributed by atoms with van der Waals surface area (Å²) in [6, 6.07) is 8.21. The van der Waals surface area contributed by atoms with Gasteiger partial charge in [0.2, 0.25) is 0 Å². The summed E-state index contributed by atoms with van der Waals surface area (Å²) in [7, 11) is 0. The van der Waals surface area contributed by atoms with Crippen LogP contribution in [0.3, 0.4) is 0 Å². The van der Waals surface area contributed by atoms with Gasteiger partial charge in [-0.2, -0.15) is 0 Å². The molecular weight excluding hydrogens is 446 g/mol. The number of hydrogen-bond acceptors (Lipinski definition) is 6. The summed E-state index contributed by atoms with van der Waals surface area (Å²) in [4.78, 5) is 38.8. The zero-order valence-electron chi connectivity index (χ0n) is 19.0. The van der Waals surface area contributed by atoms with Crippen molar-refractivity contribution in [3.05, 3.63) is 41.1 Å². The number of carbonyl (C=O) groups excluding carboxylic acids is 3. The molecule has 2 fully saturated rings. The highest BCUT2D eigenvalue weighted by molar-refractivity contribution is 6.30. The number of aromatic nitrogens is 1. The van der Waals surface area contributed by atoms with Gasteiger partial charge in [0, 0.05) is 16.7 Å². The van der Waals surface area contributed by atoms with E-state index in [9.17, 15) is 14.4 Å². The topological polar surface area (TPSA) is 102 Å². The molecule has 9 heteroatoms. The summed E-state index contributed by atoms with van der Waals surface area (Å²) < 4.78 is 10.4. The molecule has 1 aromatic heterocycles. The van der Waals surface area contributed by atoms with Crippen LogP contribution in [0.4, 0.5) is 4.79 Å². The summed E-state index contributed by atoms with van der Waals surface area (Å²) in [6.45, 7) is 5.99. The number of carbonyl (C=O) groups is 3. The Kier molecular flexibility index (Phi) is 6.22. The Hall–Kier alpha value is -2.87. The van der Waals surface area contributed by atoms with Crippen LogP contribution in [0.25, 0.3) is 11.3 Å². The predicted octanol–water partition coefficient (Wildman–Crippen LogP) is 4.57. The van der Waals surface area contributed by atoms with Crippen molar-refractivity contribution in [3.8, 4) is 11.3 Å². The van der Waals surface area contributed by atoms with Crippen LogP contribution < -0.4 is 5.32 Å². The lowest BCUT2D eigenvalue weighted by molar-refractivity contribution is -0.149. The van der Waals surface area contributed by atoms with E-state index in [4.69, 9.17) is 20.9 Å². The number of ether oxygens (including phenoxy) is 1. The SMILES string of the molecule is CC(C)(C)C1CCC2(CC1)NC(=O)N(CC(=O)OCc1cc(-c3ccc(Cl)cc3)no1)C2=O. The highest BCUT2D eigenvalue weighted by Crippen LogP contribution is 2.43. The lowest BCUT2D eigenvalue weighted by Gasteiger charge is -2.40. The van der Waals surface area contributed by atoms with Crippen molar-refractivity contribution in [1.82, 2.24) is 15.4 Å². The molecule has 1 spiro atoms. The molecule has 3 amide bonds. The highest BCUT2D eigenvalue weighted by Gasteiger charge is 2.53. The van der Waals surface area contributed by atoms with E-state index in [-0.39, 0.29) is 17.9 Å². The minimum atomic E-state index is -0.905. The maximum Gasteiger partial charge on any atom is 0.326 e. The first-order chi connectivity index (χ1) is 15.6. The first-order valence-electron chi connectivity index (χ1n) is 11.1. The molecule has 2 aromatic rings. The third-order valence-corrected chi connectivity index (χ3v) is 6.92. The molecule has 1 aromatic carbocycles. The summed E-state index contributed by atoms with van der Waals surface area (Å²) in [5.74, 6) is -0.196. The van der Waals surface area contributed by atoms with Crippen molar-refractivity contribution in [2.45, 2.75) is 58.6 Å².